The molecule has 0 spiro atoms. The predicted molar refractivity (Wildman–Crippen MR) is 130 cm³/mol. The van der Waals surface area contributed by atoms with Gasteiger partial charge in [-0.25, -0.2) is 9.97 Å². The minimum Gasteiger partial charge on any atom is -0.331 e. The number of hydrogen-bond acceptors (Lipinski definition) is 5. The van der Waals surface area contributed by atoms with Crippen molar-refractivity contribution in [3.8, 4) is 11.3 Å². The zero-order valence-corrected chi connectivity index (χ0v) is 19.0. The largest absolute Gasteiger partial charge is 0.331 e. The number of pyridine rings is 2. The third-order valence-corrected chi connectivity index (χ3v) is 6.51. The lowest BCUT2D eigenvalue weighted by atomic mass is 9.92. The normalized spacial score (nSPS) is 14.5. The van der Waals surface area contributed by atoms with Crippen LogP contribution in [0.2, 0.25) is 0 Å². The van der Waals surface area contributed by atoms with Gasteiger partial charge in [0.25, 0.3) is 5.91 Å². The lowest BCUT2D eigenvalue weighted by molar-refractivity contribution is 0.102. The lowest BCUT2D eigenvalue weighted by Crippen LogP contribution is -2.28. The second-order valence-electron chi connectivity index (χ2n) is 8.77. The number of rotatable bonds is 5. The van der Waals surface area contributed by atoms with E-state index >= 15 is 0 Å². The number of carbonyl (C=O) groups excluding carboxylic acids is 1. The Balaban J connectivity index is 1.34. The first-order valence-electron chi connectivity index (χ1n) is 11.4. The molecule has 0 aliphatic carbocycles. The molecule has 7 heteroatoms. The Morgan fingerprint density at radius 3 is 2.70 bits per heavy atom. The number of anilines is 1. The highest BCUT2D eigenvalue weighted by Crippen LogP contribution is 2.26. The molecular formula is C26H28N6O. The summed E-state index contributed by atoms with van der Waals surface area (Å²) in [5.41, 5.74) is 3.70. The molecule has 0 bridgehead atoms. The van der Waals surface area contributed by atoms with E-state index in [2.05, 4.69) is 42.3 Å². The summed E-state index contributed by atoms with van der Waals surface area (Å²) in [6.07, 6.45) is 8.61. The van der Waals surface area contributed by atoms with Gasteiger partial charge in [0.05, 0.1) is 11.9 Å². The Labute approximate surface area is 193 Å². The first-order chi connectivity index (χ1) is 16.1. The fourth-order valence-corrected chi connectivity index (χ4v) is 4.44. The van der Waals surface area contributed by atoms with E-state index in [0.29, 0.717) is 17.3 Å². The fourth-order valence-electron chi connectivity index (χ4n) is 4.44. The molecule has 33 heavy (non-hydrogen) atoms. The third-order valence-electron chi connectivity index (χ3n) is 6.51. The Hall–Kier alpha value is -3.58. The molecule has 168 valence electrons. The van der Waals surface area contributed by atoms with Gasteiger partial charge in [-0.3, -0.25) is 9.78 Å². The van der Waals surface area contributed by atoms with Gasteiger partial charge in [0, 0.05) is 41.6 Å². The number of piperidine rings is 1. The molecule has 1 amide bonds. The van der Waals surface area contributed by atoms with E-state index in [1.165, 1.54) is 0 Å². The molecule has 1 saturated heterocycles. The van der Waals surface area contributed by atoms with Gasteiger partial charge in [-0.2, -0.15) is 0 Å². The van der Waals surface area contributed by atoms with Crippen molar-refractivity contribution in [1.82, 2.24) is 24.8 Å². The van der Waals surface area contributed by atoms with Gasteiger partial charge in [-0.15, -0.1) is 0 Å². The van der Waals surface area contributed by atoms with E-state index in [-0.39, 0.29) is 5.91 Å². The Morgan fingerprint density at radius 2 is 1.91 bits per heavy atom. The van der Waals surface area contributed by atoms with Gasteiger partial charge in [0.15, 0.2) is 0 Å². The van der Waals surface area contributed by atoms with E-state index in [1.807, 2.05) is 38.4 Å². The molecule has 1 aliphatic rings. The van der Waals surface area contributed by atoms with Crippen molar-refractivity contribution >= 4 is 22.5 Å². The average Bonchev–Trinajstić information content (AvgIpc) is 3.17. The molecule has 1 fully saturated rings. The maximum atomic E-state index is 12.9. The van der Waals surface area contributed by atoms with E-state index in [1.54, 1.807) is 18.5 Å². The van der Waals surface area contributed by atoms with Crippen molar-refractivity contribution in [3.63, 3.8) is 0 Å². The number of hydrogen-bond donors (Lipinski definition) is 2. The quantitative estimate of drug-likeness (QED) is 0.487. The SMILES string of the molecule is Cc1ncc(-c2ccc3cnc(NC(=O)c4ccnc(CC5CCNCC5)c4)cc3c2)n1C. The molecule has 0 unspecified atom stereocenters. The zero-order valence-electron chi connectivity index (χ0n) is 19.0. The van der Waals surface area contributed by atoms with Gasteiger partial charge in [-0.1, -0.05) is 12.1 Å². The van der Waals surface area contributed by atoms with Crippen LogP contribution in [0.3, 0.4) is 0 Å². The molecule has 5 rings (SSSR count). The van der Waals surface area contributed by atoms with Crippen LogP contribution in [0.25, 0.3) is 22.0 Å². The van der Waals surface area contributed by atoms with Gasteiger partial charge in [0.1, 0.15) is 11.6 Å². The molecule has 7 nitrogen and oxygen atoms in total. The van der Waals surface area contributed by atoms with Crippen LogP contribution in [0.4, 0.5) is 5.82 Å². The molecule has 3 aromatic heterocycles. The lowest BCUT2D eigenvalue weighted by Gasteiger charge is -2.22. The molecule has 2 N–H and O–H groups in total. The number of aryl methyl sites for hydroxylation is 1. The minimum atomic E-state index is -0.172. The first-order valence-corrected chi connectivity index (χ1v) is 11.4. The van der Waals surface area contributed by atoms with Crippen molar-refractivity contribution in [2.45, 2.75) is 26.2 Å². The van der Waals surface area contributed by atoms with Crippen LogP contribution in [0, 0.1) is 12.8 Å². The van der Waals surface area contributed by atoms with E-state index in [0.717, 1.165) is 65.9 Å². The second kappa shape index (κ2) is 9.11. The molecule has 1 aromatic carbocycles. The summed E-state index contributed by atoms with van der Waals surface area (Å²) >= 11 is 0. The Bertz CT molecular complexity index is 1310. The number of carbonyl (C=O) groups is 1. The van der Waals surface area contributed by atoms with Gasteiger partial charge >= 0.3 is 0 Å². The van der Waals surface area contributed by atoms with Crippen LogP contribution >= 0.6 is 0 Å². The molecule has 4 aromatic rings. The Kier molecular flexibility index (Phi) is 5.88. The van der Waals surface area contributed by atoms with Crippen molar-refractivity contribution in [2.24, 2.45) is 13.0 Å². The van der Waals surface area contributed by atoms with Crippen LogP contribution in [-0.2, 0) is 13.5 Å². The molecule has 4 heterocycles. The fraction of sp³-hybridized carbons (Fsp3) is 0.308. The highest BCUT2D eigenvalue weighted by atomic mass is 16.1. The van der Waals surface area contributed by atoms with Gasteiger partial charge in [-0.05, 0) is 74.8 Å². The number of fused-ring (bicyclic) bond motifs is 1. The van der Waals surface area contributed by atoms with Crippen LogP contribution in [-0.4, -0.2) is 38.5 Å². The number of nitrogens with zero attached hydrogens (tertiary/aromatic N) is 4. The standard InChI is InChI=1S/C26H28N6O/c1-17-29-16-24(32(17)2)19-3-4-21-15-30-25(14-22(21)12-19)31-26(33)20-7-10-28-23(13-20)11-18-5-8-27-9-6-18/h3-4,7,10,12-16,18,27H,5-6,8-9,11H2,1-2H3,(H,30,31,33). The van der Waals surface area contributed by atoms with Crippen molar-refractivity contribution in [3.05, 3.63) is 72.1 Å². The summed E-state index contributed by atoms with van der Waals surface area (Å²) in [5.74, 6) is 1.94. The van der Waals surface area contributed by atoms with Crippen molar-refractivity contribution in [1.29, 1.82) is 0 Å². The highest BCUT2D eigenvalue weighted by molar-refractivity contribution is 6.04. The maximum absolute atomic E-state index is 12.9. The topological polar surface area (TPSA) is 84.7 Å². The molecule has 1 aliphatic heterocycles. The van der Waals surface area contributed by atoms with Crippen LogP contribution in [0.15, 0.2) is 55.0 Å². The Morgan fingerprint density at radius 1 is 1.06 bits per heavy atom. The summed E-state index contributed by atoms with van der Waals surface area (Å²) < 4.78 is 2.07. The van der Waals surface area contributed by atoms with Crippen LogP contribution in [0.5, 0.6) is 0 Å². The molecule has 0 saturated carbocycles. The monoisotopic (exact) mass is 440 g/mol. The summed E-state index contributed by atoms with van der Waals surface area (Å²) in [6, 6.07) is 11.8. The summed E-state index contributed by atoms with van der Waals surface area (Å²) in [6.45, 7) is 4.10. The number of benzene rings is 1. The smallest absolute Gasteiger partial charge is 0.256 e. The second-order valence-corrected chi connectivity index (χ2v) is 8.77. The summed E-state index contributed by atoms with van der Waals surface area (Å²) in [4.78, 5) is 26.3. The van der Waals surface area contributed by atoms with Crippen molar-refractivity contribution < 1.29 is 4.79 Å². The number of aromatic nitrogens is 4. The minimum absolute atomic E-state index is 0.172. The molecule has 0 atom stereocenters. The predicted octanol–water partition coefficient (Wildman–Crippen LogP) is 4.13. The van der Waals surface area contributed by atoms with E-state index in [4.69, 9.17) is 0 Å². The zero-order chi connectivity index (χ0) is 22.8. The number of amides is 1. The average molecular weight is 441 g/mol. The van der Waals surface area contributed by atoms with Crippen LogP contribution < -0.4 is 10.6 Å². The van der Waals surface area contributed by atoms with E-state index < -0.39 is 0 Å². The first kappa shape index (κ1) is 21.3. The third kappa shape index (κ3) is 4.64. The molecular weight excluding hydrogens is 412 g/mol. The van der Waals surface area contributed by atoms with Gasteiger partial charge < -0.3 is 15.2 Å². The van der Waals surface area contributed by atoms with Crippen LogP contribution in [0.1, 0.15) is 34.7 Å². The maximum Gasteiger partial charge on any atom is 0.256 e. The highest BCUT2D eigenvalue weighted by Gasteiger charge is 2.16. The van der Waals surface area contributed by atoms with E-state index in [9.17, 15) is 4.79 Å². The summed E-state index contributed by atoms with van der Waals surface area (Å²) in [5, 5.41) is 8.37. The van der Waals surface area contributed by atoms with Gasteiger partial charge in [0.2, 0.25) is 0 Å². The van der Waals surface area contributed by atoms with Crippen molar-refractivity contribution in [2.75, 3.05) is 18.4 Å². The molecule has 0 radical (unpaired) electrons. The number of nitrogens with one attached hydrogen (secondary N) is 2. The summed E-state index contributed by atoms with van der Waals surface area (Å²) in [7, 11) is 2.01. The number of imidazole rings is 1.